The van der Waals surface area contributed by atoms with E-state index in [9.17, 15) is 4.79 Å². The fraction of sp³-hybridized carbons (Fsp3) is 0.632. The summed E-state index contributed by atoms with van der Waals surface area (Å²) in [6.45, 7) is 10.7. The van der Waals surface area contributed by atoms with Gasteiger partial charge in [0.15, 0.2) is 0 Å². The number of para-hydroxylation sites is 1. The minimum atomic E-state index is 0.00463. The molecule has 2 rings (SSSR count). The maximum atomic E-state index is 9.70. The Labute approximate surface area is 144 Å². The second-order valence-electron chi connectivity index (χ2n) is 4.95. The molecule has 1 heterocycles. The number of hydrogen-bond donors (Lipinski definition) is 1. The normalized spacial score (nSPS) is 10.3. The number of benzene rings is 1. The van der Waals surface area contributed by atoms with Crippen molar-refractivity contribution in [1.29, 1.82) is 0 Å². The van der Waals surface area contributed by atoms with Crippen LogP contribution in [0.1, 0.15) is 40.2 Å². The molecule has 0 fully saturated rings. The first-order chi connectivity index (χ1) is 10.9. The first-order valence-electron chi connectivity index (χ1n) is 8.46. The molecule has 0 spiro atoms. The van der Waals surface area contributed by atoms with Crippen molar-refractivity contribution in [2.24, 2.45) is 0 Å². The van der Waals surface area contributed by atoms with E-state index in [4.69, 9.17) is 0 Å². The molecule has 1 aromatic rings. The van der Waals surface area contributed by atoms with Crippen LogP contribution < -0.4 is 10.2 Å². The molecule has 0 atom stereocenters. The molecule has 4 heteroatoms. The topological polar surface area (TPSA) is 35.6 Å². The lowest BCUT2D eigenvalue weighted by atomic mass is 10.2. The van der Waals surface area contributed by atoms with E-state index in [0.717, 1.165) is 0 Å². The number of nitrogens with one attached hydrogen (secondary N) is 1. The van der Waals surface area contributed by atoms with Gasteiger partial charge >= 0.3 is 0 Å². The van der Waals surface area contributed by atoms with Gasteiger partial charge in [-0.2, -0.15) is 0 Å². The molecule has 4 nitrogen and oxygen atoms in total. The standard InChI is InChI=1S/C9H11N.C3H7NO.C3H9N.2C2H6/c1-10-7-6-8-4-2-3-5-9(8)10;1-3(5)4-2;1-4(2)3;2*1-2/h2-5H,6-7H2,1H3;1-2H3,(H,4,5);1-3H3;2*1-2H3. The first kappa shape index (κ1) is 26.4. The Morgan fingerprint density at radius 3 is 1.83 bits per heavy atom. The van der Waals surface area contributed by atoms with Gasteiger partial charge < -0.3 is 15.1 Å². The number of likely N-dealkylation sites (N-methyl/N-ethyl adjacent to an activating group) is 1. The molecule has 0 unspecified atom stereocenters. The van der Waals surface area contributed by atoms with Gasteiger partial charge in [0, 0.05) is 33.3 Å². The third kappa shape index (κ3) is 16.6. The molecule has 0 saturated carbocycles. The molecule has 0 radical (unpaired) electrons. The van der Waals surface area contributed by atoms with Gasteiger partial charge in [-0.1, -0.05) is 45.9 Å². The molecule has 0 bridgehead atoms. The molecule has 1 aliphatic rings. The van der Waals surface area contributed by atoms with Crippen LogP contribution >= 0.6 is 0 Å². The molecule has 136 valence electrons. The van der Waals surface area contributed by atoms with E-state index >= 15 is 0 Å². The summed E-state index contributed by atoms with van der Waals surface area (Å²) in [7, 11) is 9.74. The van der Waals surface area contributed by atoms with Gasteiger partial charge in [0.1, 0.15) is 0 Å². The quantitative estimate of drug-likeness (QED) is 0.790. The largest absolute Gasteiger partial charge is 0.374 e. The number of hydrogen-bond acceptors (Lipinski definition) is 3. The van der Waals surface area contributed by atoms with Crippen LogP contribution in [-0.4, -0.2) is 52.6 Å². The Morgan fingerprint density at radius 1 is 1.09 bits per heavy atom. The van der Waals surface area contributed by atoms with Gasteiger partial charge in [-0.25, -0.2) is 0 Å². The van der Waals surface area contributed by atoms with Gasteiger partial charge in [-0.3, -0.25) is 4.79 Å². The lowest BCUT2D eigenvalue weighted by molar-refractivity contribution is -0.118. The highest BCUT2D eigenvalue weighted by molar-refractivity contribution is 5.72. The van der Waals surface area contributed by atoms with Crippen molar-refractivity contribution in [3.63, 3.8) is 0 Å². The second-order valence-corrected chi connectivity index (χ2v) is 4.95. The summed E-state index contributed by atoms with van der Waals surface area (Å²) in [5.74, 6) is 0.00463. The van der Waals surface area contributed by atoms with Crippen LogP contribution in [0.5, 0.6) is 0 Å². The summed E-state index contributed by atoms with van der Waals surface area (Å²) < 4.78 is 0. The molecule has 1 N–H and O–H groups in total. The fourth-order valence-corrected chi connectivity index (χ4v) is 1.50. The molecule has 0 aliphatic carbocycles. The minimum Gasteiger partial charge on any atom is -0.374 e. The highest BCUT2D eigenvalue weighted by atomic mass is 16.1. The van der Waals surface area contributed by atoms with E-state index in [1.807, 2.05) is 53.7 Å². The summed E-state index contributed by atoms with van der Waals surface area (Å²) in [6.07, 6.45) is 1.21. The average molecular weight is 326 g/mol. The van der Waals surface area contributed by atoms with E-state index in [0.29, 0.717) is 0 Å². The Morgan fingerprint density at radius 2 is 1.48 bits per heavy atom. The number of anilines is 1. The molecule has 23 heavy (non-hydrogen) atoms. The van der Waals surface area contributed by atoms with Crippen molar-refractivity contribution >= 4 is 11.6 Å². The highest BCUT2D eigenvalue weighted by Crippen LogP contribution is 2.25. The summed E-state index contributed by atoms with van der Waals surface area (Å²) in [6, 6.07) is 8.60. The van der Waals surface area contributed by atoms with Crippen molar-refractivity contribution in [2.45, 2.75) is 41.0 Å². The van der Waals surface area contributed by atoms with E-state index < -0.39 is 0 Å². The Bertz CT molecular complexity index is 376. The SMILES string of the molecule is CC.CC.CN(C)C.CN1CCc2ccccc21.CNC(C)=O. The lowest BCUT2D eigenvalue weighted by Crippen LogP contribution is -2.12. The van der Waals surface area contributed by atoms with Crippen LogP contribution in [0.4, 0.5) is 5.69 Å². The average Bonchev–Trinajstić information content (AvgIpc) is 2.93. The molecule has 1 aromatic carbocycles. The Hall–Kier alpha value is -1.55. The van der Waals surface area contributed by atoms with Crippen molar-refractivity contribution in [3.8, 4) is 0 Å². The van der Waals surface area contributed by atoms with Gasteiger partial charge in [-0.05, 0) is 39.2 Å². The van der Waals surface area contributed by atoms with E-state index in [-0.39, 0.29) is 5.91 Å². The number of fused-ring (bicyclic) bond motifs is 1. The van der Waals surface area contributed by atoms with Crippen LogP contribution in [0.2, 0.25) is 0 Å². The van der Waals surface area contributed by atoms with Crippen LogP contribution in [0.15, 0.2) is 24.3 Å². The van der Waals surface area contributed by atoms with Crippen LogP contribution in [-0.2, 0) is 11.2 Å². The zero-order valence-corrected chi connectivity index (χ0v) is 17.0. The predicted octanol–water partition coefficient (Wildman–Crippen LogP) is 3.66. The van der Waals surface area contributed by atoms with Gasteiger partial charge in [0.25, 0.3) is 0 Å². The van der Waals surface area contributed by atoms with Crippen LogP contribution in [0.3, 0.4) is 0 Å². The highest BCUT2D eigenvalue weighted by Gasteiger charge is 2.12. The Kier molecular flexibility index (Phi) is 21.2. The maximum absolute atomic E-state index is 9.70. The van der Waals surface area contributed by atoms with Gasteiger partial charge in [0.2, 0.25) is 5.91 Å². The van der Waals surface area contributed by atoms with E-state index in [1.54, 1.807) is 7.05 Å². The van der Waals surface area contributed by atoms with Crippen molar-refractivity contribution < 1.29 is 4.79 Å². The van der Waals surface area contributed by atoms with E-state index in [2.05, 4.69) is 41.5 Å². The first-order valence-corrected chi connectivity index (χ1v) is 8.46. The summed E-state index contributed by atoms with van der Waals surface area (Å²) in [4.78, 5) is 14.0. The van der Waals surface area contributed by atoms with Crippen LogP contribution in [0, 0.1) is 0 Å². The van der Waals surface area contributed by atoms with Crippen molar-refractivity contribution in [3.05, 3.63) is 29.8 Å². The summed E-state index contributed by atoms with van der Waals surface area (Å²) in [5.41, 5.74) is 2.90. The zero-order valence-electron chi connectivity index (χ0n) is 17.0. The Balaban J connectivity index is -0.000000264. The van der Waals surface area contributed by atoms with Crippen LogP contribution in [0.25, 0.3) is 0 Å². The lowest BCUT2D eigenvalue weighted by Gasteiger charge is -2.10. The number of amides is 1. The molecular weight excluding hydrogens is 286 g/mol. The van der Waals surface area contributed by atoms with Crippen molar-refractivity contribution in [2.75, 3.05) is 46.7 Å². The van der Waals surface area contributed by atoms with E-state index in [1.165, 1.54) is 31.1 Å². The third-order valence-corrected chi connectivity index (χ3v) is 2.47. The predicted molar refractivity (Wildman–Crippen MR) is 105 cm³/mol. The molecule has 1 amide bonds. The summed E-state index contributed by atoms with van der Waals surface area (Å²) >= 11 is 0. The fourth-order valence-electron chi connectivity index (χ4n) is 1.50. The number of carbonyl (C=O) groups excluding carboxylic acids is 1. The number of nitrogens with zero attached hydrogens (tertiary/aromatic N) is 2. The number of carbonyl (C=O) groups is 1. The minimum absolute atomic E-state index is 0.00463. The molecule has 1 aliphatic heterocycles. The molecule has 0 aromatic heterocycles. The van der Waals surface area contributed by atoms with Crippen molar-refractivity contribution in [1.82, 2.24) is 10.2 Å². The third-order valence-electron chi connectivity index (χ3n) is 2.47. The molecular formula is C19H39N3O. The maximum Gasteiger partial charge on any atom is 0.216 e. The van der Waals surface area contributed by atoms with Gasteiger partial charge in [-0.15, -0.1) is 0 Å². The molecule has 0 saturated heterocycles. The second kappa shape index (κ2) is 18.5. The smallest absolute Gasteiger partial charge is 0.216 e. The summed E-state index contributed by atoms with van der Waals surface area (Å²) in [5, 5.41) is 2.39. The zero-order chi connectivity index (χ0) is 18.8. The monoisotopic (exact) mass is 325 g/mol. The van der Waals surface area contributed by atoms with Gasteiger partial charge in [0.05, 0.1) is 0 Å². The number of rotatable bonds is 0.